The predicted octanol–water partition coefficient (Wildman–Crippen LogP) is 2.90. The second-order valence-electron chi connectivity index (χ2n) is 3.78. The van der Waals surface area contributed by atoms with Crippen LogP contribution in [-0.2, 0) is 6.54 Å². The van der Waals surface area contributed by atoms with E-state index < -0.39 is 5.97 Å². The van der Waals surface area contributed by atoms with Gasteiger partial charge in [0, 0.05) is 16.8 Å². The number of halogens is 1. The first-order valence-corrected chi connectivity index (χ1v) is 5.70. The summed E-state index contributed by atoms with van der Waals surface area (Å²) in [7, 11) is 1.57. The molecule has 0 spiro atoms. The Labute approximate surface area is 109 Å². The monoisotopic (exact) mass is 265 g/mol. The second kappa shape index (κ2) is 5.14. The zero-order valence-corrected chi connectivity index (χ0v) is 10.5. The van der Waals surface area contributed by atoms with Gasteiger partial charge in [0.2, 0.25) is 0 Å². The van der Waals surface area contributed by atoms with Crippen molar-refractivity contribution >= 4 is 17.6 Å². The van der Waals surface area contributed by atoms with Gasteiger partial charge in [0.05, 0.1) is 13.7 Å². The molecule has 0 saturated heterocycles. The van der Waals surface area contributed by atoms with Crippen molar-refractivity contribution in [1.82, 2.24) is 4.57 Å². The van der Waals surface area contributed by atoms with Gasteiger partial charge in [0.1, 0.15) is 11.4 Å². The van der Waals surface area contributed by atoms with Crippen LogP contribution in [0.3, 0.4) is 0 Å². The van der Waals surface area contributed by atoms with E-state index >= 15 is 0 Å². The second-order valence-corrected chi connectivity index (χ2v) is 4.22. The highest BCUT2D eigenvalue weighted by Gasteiger charge is 2.11. The van der Waals surface area contributed by atoms with Crippen molar-refractivity contribution in [2.24, 2.45) is 0 Å². The summed E-state index contributed by atoms with van der Waals surface area (Å²) in [4.78, 5) is 11.0. The van der Waals surface area contributed by atoms with Crippen LogP contribution in [0.2, 0.25) is 5.02 Å². The molecule has 0 aliphatic heterocycles. The average Bonchev–Trinajstić information content (AvgIpc) is 2.77. The van der Waals surface area contributed by atoms with Crippen LogP contribution < -0.4 is 4.74 Å². The van der Waals surface area contributed by atoms with E-state index in [0.29, 0.717) is 17.3 Å². The van der Waals surface area contributed by atoms with Gasteiger partial charge in [0.15, 0.2) is 0 Å². The fourth-order valence-electron chi connectivity index (χ4n) is 1.80. The van der Waals surface area contributed by atoms with Crippen LogP contribution in [0.15, 0.2) is 36.5 Å². The molecule has 0 aliphatic rings. The van der Waals surface area contributed by atoms with Gasteiger partial charge in [-0.25, -0.2) is 4.79 Å². The summed E-state index contributed by atoms with van der Waals surface area (Å²) >= 11 is 5.94. The predicted molar refractivity (Wildman–Crippen MR) is 68.5 cm³/mol. The summed E-state index contributed by atoms with van der Waals surface area (Å²) in [6.07, 6.45) is 1.71. The first kappa shape index (κ1) is 12.5. The van der Waals surface area contributed by atoms with E-state index in [1.807, 2.05) is 0 Å². The lowest BCUT2D eigenvalue weighted by atomic mass is 10.2. The number of carboxylic acid groups (broad SMARTS) is 1. The summed E-state index contributed by atoms with van der Waals surface area (Å²) in [6, 6.07) is 8.52. The van der Waals surface area contributed by atoms with Crippen LogP contribution in [0.25, 0.3) is 0 Å². The van der Waals surface area contributed by atoms with E-state index in [-0.39, 0.29) is 5.69 Å². The Morgan fingerprint density at radius 3 is 2.89 bits per heavy atom. The van der Waals surface area contributed by atoms with Crippen molar-refractivity contribution in [2.75, 3.05) is 7.11 Å². The SMILES string of the molecule is COc1ccc(Cl)cc1Cn1cccc1C(=O)O. The maximum absolute atomic E-state index is 11.0. The summed E-state index contributed by atoms with van der Waals surface area (Å²) in [5.41, 5.74) is 1.07. The smallest absolute Gasteiger partial charge is 0.352 e. The van der Waals surface area contributed by atoms with Gasteiger partial charge in [-0.05, 0) is 30.3 Å². The number of aromatic nitrogens is 1. The molecule has 2 aromatic rings. The van der Waals surface area contributed by atoms with Crippen molar-refractivity contribution in [3.63, 3.8) is 0 Å². The first-order valence-electron chi connectivity index (χ1n) is 5.32. The van der Waals surface area contributed by atoms with Crippen LogP contribution in [0, 0.1) is 0 Å². The third-order valence-corrected chi connectivity index (χ3v) is 2.87. The van der Waals surface area contributed by atoms with Crippen molar-refractivity contribution in [3.05, 3.63) is 52.8 Å². The Balaban J connectivity index is 2.36. The van der Waals surface area contributed by atoms with Crippen LogP contribution in [0.1, 0.15) is 16.1 Å². The molecule has 0 bridgehead atoms. The van der Waals surface area contributed by atoms with E-state index in [4.69, 9.17) is 21.4 Å². The molecule has 0 unspecified atom stereocenters. The van der Waals surface area contributed by atoms with E-state index in [1.54, 1.807) is 48.2 Å². The Morgan fingerprint density at radius 2 is 2.22 bits per heavy atom. The minimum atomic E-state index is -0.957. The highest BCUT2D eigenvalue weighted by atomic mass is 35.5. The molecular weight excluding hydrogens is 254 g/mol. The maximum Gasteiger partial charge on any atom is 0.352 e. The van der Waals surface area contributed by atoms with Gasteiger partial charge in [-0.3, -0.25) is 0 Å². The number of carboxylic acids is 1. The minimum absolute atomic E-state index is 0.233. The number of hydrogen-bond acceptors (Lipinski definition) is 2. The molecule has 1 N–H and O–H groups in total. The van der Waals surface area contributed by atoms with Crippen LogP contribution in [0.4, 0.5) is 0 Å². The van der Waals surface area contributed by atoms with Gasteiger partial charge in [0.25, 0.3) is 0 Å². The number of ether oxygens (including phenoxy) is 1. The molecule has 0 saturated carbocycles. The highest BCUT2D eigenvalue weighted by Crippen LogP contribution is 2.24. The fraction of sp³-hybridized carbons (Fsp3) is 0.154. The standard InChI is InChI=1S/C13H12ClNO3/c1-18-12-5-4-10(14)7-9(12)8-15-6-2-3-11(15)13(16)17/h2-7H,8H2,1H3,(H,16,17). The van der Waals surface area contributed by atoms with Crippen molar-refractivity contribution in [3.8, 4) is 5.75 Å². The third kappa shape index (κ3) is 2.49. The van der Waals surface area contributed by atoms with Gasteiger partial charge in [-0.15, -0.1) is 0 Å². The first-order chi connectivity index (χ1) is 8.61. The molecule has 1 heterocycles. The molecule has 0 aliphatic carbocycles. The number of methoxy groups -OCH3 is 1. The third-order valence-electron chi connectivity index (χ3n) is 2.63. The lowest BCUT2D eigenvalue weighted by molar-refractivity contribution is 0.0685. The Morgan fingerprint density at radius 1 is 1.44 bits per heavy atom. The van der Waals surface area contributed by atoms with Crippen LogP contribution >= 0.6 is 11.6 Å². The van der Waals surface area contributed by atoms with Gasteiger partial charge in [-0.1, -0.05) is 11.6 Å². The van der Waals surface area contributed by atoms with E-state index in [0.717, 1.165) is 5.56 Å². The number of nitrogens with zero attached hydrogens (tertiary/aromatic N) is 1. The normalized spacial score (nSPS) is 10.3. The van der Waals surface area contributed by atoms with Crippen LogP contribution in [-0.4, -0.2) is 22.8 Å². The summed E-state index contributed by atoms with van der Waals surface area (Å²) in [5.74, 6) is -0.273. The zero-order chi connectivity index (χ0) is 13.1. The van der Waals surface area contributed by atoms with Gasteiger partial charge in [-0.2, -0.15) is 0 Å². The minimum Gasteiger partial charge on any atom is -0.496 e. The molecule has 18 heavy (non-hydrogen) atoms. The lowest BCUT2D eigenvalue weighted by Gasteiger charge is -2.11. The Kier molecular flexibility index (Phi) is 3.58. The lowest BCUT2D eigenvalue weighted by Crippen LogP contribution is -2.09. The van der Waals surface area contributed by atoms with Crippen molar-refractivity contribution in [2.45, 2.75) is 6.54 Å². The number of rotatable bonds is 4. The maximum atomic E-state index is 11.0. The molecule has 0 amide bonds. The molecule has 0 radical (unpaired) electrons. The average molecular weight is 266 g/mol. The summed E-state index contributed by atoms with van der Waals surface area (Å²) in [6.45, 7) is 0.401. The molecule has 4 nitrogen and oxygen atoms in total. The molecule has 0 fully saturated rings. The molecule has 5 heteroatoms. The van der Waals surface area contributed by atoms with Gasteiger partial charge >= 0.3 is 5.97 Å². The number of carbonyl (C=O) groups is 1. The number of aromatic carboxylic acids is 1. The van der Waals surface area contributed by atoms with Crippen LogP contribution in [0.5, 0.6) is 5.75 Å². The van der Waals surface area contributed by atoms with Gasteiger partial charge < -0.3 is 14.4 Å². The molecule has 0 atom stereocenters. The van der Waals surface area contributed by atoms with Crippen molar-refractivity contribution in [1.29, 1.82) is 0 Å². The Hall–Kier alpha value is -1.94. The molecule has 2 rings (SSSR count). The van der Waals surface area contributed by atoms with E-state index in [2.05, 4.69) is 0 Å². The largest absolute Gasteiger partial charge is 0.496 e. The summed E-state index contributed by atoms with van der Waals surface area (Å²) in [5, 5.41) is 9.63. The fourth-order valence-corrected chi connectivity index (χ4v) is 2.00. The number of hydrogen-bond donors (Lipinski definition) is 1. The molecule has 1 aromatic carbocycles. The topological polar surface area (TPSA) is 51.5 Å². The highest BCUT2D eigenvalue weighted by molar-refractivity contribution is 6.30. The number of benzene rings is 1. The quantitative estimate of drug-likeness (QED) is 0.925. The Bertz CT molecular complexity index is 577. The van der Waals surface area contributed by atoms with Crippen molar-refractivity contribution < 1.29 is 14.6 Å². The summed E-state index contributed by atoms with van der Waals surface area (Å²) < 4.78 is 6.87. The van der Waals surface area contributed by atoms with E-state index in [9.17, 15) is 4.79 Å². The van der Waals surface area contributed by atoms with E-state index in [1.165, 1.54) is 0 Å². The molecular formula is C13H12ClNO3. The molecule has 94 valence electrons. The zero-order valence-electron chi connectivity index (χ0n) is 9.76. The molecule has 1 aromatic heterocycles.